The number of aryl methyl sites for hydroxylation is 1. The van der Waals surface area contributed by atoms with Gasteiger partial charge in [0.15, 0.2) is 15.7 Å². The van der Waals surface area contributed by atoms with Gasteiger partial charge in [0, 0.05) is 36.8 Å². The highest BCUT2D eigenvalue weighted by atomic mass is 35.5. The van der Waals surface area contributed by atoms with Crippen LogP contribution in [0.25, 0.3) is 33.7 Å². The van der Waals surface area contributed by atoms with Crippen molar-refractivity contribution in [1.29, 1.82) is 0 Å². The van der Waals surface area contributed by atoms with E-state index in [0.717, 1.165) is 12.3 Å². The highest BCUT2D eigenvalue weighted by molar-refractivity contribution is 7.91. The first-order valence-electron chi connectivity index (χ1n) is 9.25. The van der Waals surface area contributed by atoms with Gasteiger partial charge in [-0.3, -0.25) is 9.97 Å². The molecular weight excluding hydrogens is 467 g/mol. The average Bonchev–Trinajstić information content (AvgIpc) is 3.08. The molecule has 32 heavy (non-hydrogen) atoms. The number of sulfone groups is 1. The molecule has 4 heterocycles. The lowest BCUT2D eigenvalue weighted by atomic mass is 10.1. The summed E-state index contributed by atoms with van der Waals surface area (Å²) in [5.74, 6) is -0.105. The first-order valence-corrected chi connectivity index (χ1v) is 11.3. The van der Waals surface area contributed by atoms with Gasteiger partial charge in [-0.15, -0.1) is 0 Å². The van der Waals surface area contributed by atoms with Gasteiger partial charge >= 0.3 is 6.18 Å². The van der Waals surface area contributed by atoms with Crippen LogP contribution in [-0.2, 0) is 23.1 Å². The normalized spacial score (nSPS) is 12.4. The fourth-order valence-electron chi connectivity index (χ4n) is 3.19. The van der Waals surface area contributed by atoms with Crippen LogP contribution in [0.4, 0.5) is 13.2 Å². The van der Waals surface area contributed by atoms with Crippen LogP contribution in [0.5, 0.6) is 0 Å². The second-order valence-corrected chi connectivity index (χ2v) is 9.60. The third-order valence-electron chi connectivity index (χ3n) is 4.88. The fraction of sp³-hybridized carbons (Fsp3) is 0.200. The highest BCUT2D eigenvalue weighted by Gasteiger charge is 2.33. The molecule has 0 atom stereocenters. The molecule has 0 aliphatic rings. The van der Waals surface area contributed by atoms with Crippen molar-refractivity contribution in [2.75, 3.05) is 5.75 Å². The summed E-state index contributed by atoms with van der Waals surface area (Å²) in [6, 6.07) is 3.87. The molecule has 4 aromatic heterocycles. The summed E-state index contributed by atoms with van der Waals surface area (Å²) >= 11 is 5.99. The van der Waals surface area contributed by atoms with Crippen molar-refractivity contribution in [3.63, 3.8) is 0 Å². The lowest BCUT2D eigenvalue weighted by molar-refractivity contribution is -0.141. The first kappa shape index (κ1) is 22.2. The number of alkyl halides is 3. The molecule has 4 aromatic rings. The van der Waals surface area contributed by atoms with Crippen LogP contribution in [0.1, 0.15) is 12.6 Å². The minimum absolute atomic E-state index is 0.0228. The average molecular weight is 482 g/mol. The fourth-order valence-corrected chi connectivity index (χ4v) is 4.42. The number of hydrogen-bond donors (Lipinski definition) is 0. The molecule has 0 aromatic carbocycles. The van der Waals surface area contributed by atoms with Gasteiger partial charge in [-0.05, 0) is 18.2 Å². The Labute approximate surface area is 185 Å². The molecule has 0 saturated carbocycles. The summed E-state index contributed by atoms with van der Waals surface area (Å²) in [5, 5.41) is 0.370. The first-order chi connectivity index (χ1) is 15.0. The molecule has 0 radical (unpaired) electrons. The van der Waals surface area contributed by atoms with Gasteiger partial charge in [0.1, 0.15) is 11.4 Å². The zero-order valence-electron chi connectivity index (χ0n) is 16.7. The third kappa shape index (κ3) is 3.93. The molecule has 0 amide bonds. The van der Waals surface area contributed by atoms with E-state index in [1.165, 1.54) is 36.1 Å². The summed E-state index contributed by atoms with van der Waals surface area (Å²) in [7, 11) is -2.21. The smallest absolute Gasteiger partial charge is 0.324 e. The summed E-state index contributed by atoms with van der Waals surface area (Å²) in [4.78, 5) is 15.9. The maximum atomic E-state index is 13.0. The van der Waals surface area contributed by atoms with E-state index in [9.17, 15) is 21.6 Å². The van der Waals surface area contributed by atoms with E-state index < -0.39 is 21.7 Å². The molecule has 0 saturated heterocycles. The van der Waals surface area contributed by atoms with Crippen molar-refractivity contribution in [1.82, 2.24) is 24.5 Å². The third-order valence-corrected chi connectivity index (χ3v) is 6.82. The van der Waals surface area contributed by atoms with Crippen LogP contribution in [0.15, 0.2) is 47.9 Å². The summed E-state index contributed by atoms with van der Waals surface area (Å²) in [6.45, 7) is 1.49. The van der Waals surface area contributed by atoms with Gasteiger partial charge in [0.25, 0.3) is 0 Å². The van der Waals surface area contributed by atoms with Gasteiger partial charge in [-0.25, -0.2) is 18.4 Å². The summed E-state index contributed by atoms with van der Waals surface area (Å²) < 4.78 is 66.3. The van der Waals surface area contributed by atoms with Crippen LogP contribution in [0.3, 0.4) is 0 Å². The van der Waals surface area contributed by atoms with Crippen molar-refractivity contribution in [2.24, 2.45) is 7.05 Å². The molecule has 166 valence electrons. The minimum atomic E-state index is -4.63. The summed E-state index contributed by atoms with van der Waals surface area (Å²) in [5.41, 5.74) is 0.293. The predicted octanol–water partition coefficient (Wildman–Crippen LogP) is 4.56. The van der Waals surface area contributed by atoms with Crippen molar-refractivity contribution in [2.45, 2.75) is 18.0 Å². The van der Waals surface area contributed by atoms with E-state index >= 15 is 0 Å². The topological polar surface area (TPSA) is 90.6 Å². The molecule has 0 aliphatic heterocycles. The number of imidazole rings is 1. The molecular formula is C20H15ClF3N5O2S. The molecule has 0 fully saturated rings. The van der Waals surface area contributed by atoms with E-state index in [1.807, 2.05) is 0 Å². The number of fused-ring (bicyclic) bond motifs is 1. The lowest BCUT2D eigenvalue weighted by Gasteiger charge is -2.11. The number of hydrogen-bond acceptors (Lipinski definition) is 6. The Morgan fingerprint density at radius 3 is 2.41 bits per heavy atom. The van der Waals surface area contributed by atoms with Gasteiger partial charge in [0.05, 0.1) is 32.9 Å². The molecule has 0 aliphatic carbocycles. The van der Waals surface area contributed by atoms with Crippen LogP contribution < -0.4 is 0 Å². The Bertz CT molecular complexity index is 1450. The number of nitrogens with zero attached hydrogens (tertiary/aromatic N) is 5. The molecule has 12 heteroatoms. The van der Waals surface area contributed by atoms with E-state index in [1.54, 1.807) is 13.1 Å². The minimum Gasteiger partial charge on any atom is -0.324 e. The Morgan fingerprint density at radius 2 is 1.75 bits per heavy atom. The molecule has 7 nitrogen and oxygen atoms in total. The molecule has 0 unspecified atom stereocenters. The quantitative estimate of drug-likeness (QED) is 0.424. The van der Waals surface area contributed by atoms with Crippen molar-refractivity contribution >= 4 is 32.5 Å². The van der Waals surface area contributed by atoms with Crippen LogP contribution in [-0.4, -0.2) is 38.7 Å². The Morgan fingerprint density at radius 1 is 1.03 bits per heavy atom. The van der Waals surface area contributed by atoms with Crippen molar-refractivity contribution < 1.29 is 21.6 Å². The van der Waals surface area contributed by atoms with Gasteiger partial charge in [0.2, 0.25) is 0 Å². The lowest BCUT2D eigenvalue weighted by Crippen LogP contribution is -2.09. The van der Waals surface area contributed by atoms with Crippen molar-refractivity contribution in [3.05, 3.63) is 53.7 Å². The molecule has 4 rings (SSSR count). The molecule has 0 N–H and O–H groups in total. The van der Waals surface area contributed by atoms with Gasteiger partial charge < -0.3 is 4.57 Å². The van der Waals surface area contributed by atoms with Crippen LogP contribution >= 0.6 is 11.6 Å². The number of pyridine rings is 3. The number of halogens is 4. The Hall–Kier alpha value is -3.05. The Balaban J connectivity index is 1.95. The van der Waals surface area contributed by atoms with Gasteiger partial charge in [-0.2, -0.15) is 13.2 Å². The monoisotopic (exact) mass is 481 g/mol. The standard InChI is InChI=1S/C20H15ClF3N5O2S/c1-3-32(30,31)16-5-12(11-4-13(21)9-25-7-11)8-27-18(16)19-28-14-6-17(20(22,23)24)26-10-15(14)29(19)2/h4-10H,3H2,1-2H3. The predicted molar refractivity (Wildman–Crippen MR) is 113 cm³/mol. The van der Waals surface area contributed by atoms with E-state index in [2.05, 4.69) is 19.9 Å². The second-order valence-electron chi connectivity index (χ2n) is 6.92. The maximum Gasteiger partial charge on any atom is 0.433 e. The van der Waals surface area contributed by atoms with Gasteiger partial charge in [-0.1, -0.05) is 18.5 Å². The van der Waals surface area contributed by atoms with E-state index in [0.29, 0.717) is 21.7 Å². The second kappa shape index (κ2) is 7.82. The highest BCUT2D eigenvalue weighted by Crippen LogP contribution is 2.34. The number of rotatable bonds is 4. The summed E-state index contributed by atoms with van der Waals surface area (Å²) in [6.07, 6.45) is 0.821. The Kier molecular flexibility index (Phi) is 5.41. The zero-order valence-corrected chi connectivity index (χ0v) is 18.3. The molecule has 0 bridgehead atoms. The zero-order chi connectivity index (χ0) is 23.3. The van der Waals surface area contributed by atoms with E-state index in [4.69, 9.17) is 11.6 Å². The van der Waals surface area contributed by atoms with Crippen LogP contribution in [0, 0.1) is 0 Å². The largest absolute Gasteiger partial charge is 0.433 e. The SMILES string of the molecule is CCS(=O)(=O)c1cc(-c2cncc(Cl)c2)cnc1-c1nc2cc(C(F)(F)F)ncc2n1C. The van der Waals surface area contributed by atoms with Crippen molar-refractivity contribution in [3.8, 4) is 22.6 Å². The number of aromatic nitrogens is 5. The molecule has 0 spiro atoms. The van der Waals surface area contributed by atoms with Crippen LogP contribution in [0.2, 0.25) is 5.02 Å². The maximum absolute atomic E-state index is 13.0. The van der Waals surface area contributed by atoms with E-state index in [-0.39, 0.29) is 27.7 Å².